The van der Waals surface area contributed by atoms with Crippen LogP contribution in [0.1, 0.15) is 26.9 Å². The van der Waals surface area contributed by atoms with Gasteiger partial charge in [-0.25, -0.2) is 9.97 Å². The van der Waals surface area contributed by atoms with Gasteiger partial charge in [0.25, 0.3) is 5.91 Å². The summed E-state index contributed by atoms with van der Waals surface area (Å²) < 4.78 is 10.4. The maximum atomic E-state index is 12.5. The van der Waals surface area contributed by atoms with E-state index in [1.165, 1.54) is 17.7 Å². The number of methoxy groups -OCH3 is 2. The quantitative estimate of drug-likeness (QED) is 0.688. The van der Waals surface area contributed by atoms with Crippen LogP contribution in [-0.2, 0) is 17.9 Å². The van der Waals surface area contributed by atoms with E-state index in [-0.39, 0.29) is 19.1 Å². The molecule has 3 aromatic rings. The summed E-state index contributed by atoms with van der Waals surface area (Å²) in [5.41, 5.74) is 0.783. The highest BCUT2D eigenvalue weighted by atomic mass is 32.1. The first-order valence-electron chi connectivity index (χ1n) is 7.09. The Bertz CT molecular complexity index is 861. The largest absolute Gasteiger partial charge is 0.480 e. The number of fused-ring (bicyclic) bond motifs is 1. The molecule has 0 unspecified atom stereocenters. The number of amides is 1. The van der Waals surface area contributed by atoms with Crippen molar-refractivity contribution in [2.75, 3.05) is 14.2 Å². The van der Waals surface area contributed by atoms with Crippen molar-refractivity contribution < 1.29 is 14.3 Å². The molecule has 0 aliphatic carbocycles. The van der Waals surface area contributed by atoms with Crippen molar-refractivity contribution in [1.29, 1.82) is 0 Å². The Labute approximate surface area is 141 Å². The molecular formula is C14H16N6O3S. The summed E-state index contributed by atoms with van der Waals surface area (Å²) in [5.74, 6) is 1.33. The first-order chi connectivity index (χ1) is 11.6. The van der Waals surface area contributed by atoms with Crippen LogP contribution in [0.5, 0.6) is 5.88 Å². The van der Waals surface area contributed by atoms with E-state index in [0.29, 0.717) is 27.2 Å². The van der Waals surface area contributed by atoms with Crippen molar-refractivity contribution in [1.82, 2.24) is 30.5 Å². The number of aromatic nitrogens is 5. The number of thiophene rings is 1. The van der Waals surface area contributed by atoms with E-state index in [1.54, 1.807) is 14.2 Å². The Morgan fingerprint density at radius 2 is 2.21 bits per heavy atom. The topological polar surface area (TPSA) is 115 Å². The van der Waals surface area contributed by atoms with E-state index in [9.17, 15) is 4.79 Å². The molecule has 0 saturated carbocycles. The van der Waals surface area contributed by atoms with Crippen LogP contribution in [0, 0.1) is 6.92 Å². The van der Waals surface area contributed by atoms with Gasteiger partial charge in [-0.15, -0.1) is 11.3 Å². The third-order valence-electron chi connectivity index (χ3n) is 3.36. The summed E-state index contributed by atoms with van der Waals surface area (Å²) in [6, 6.07) is 0. The molecule has 0 aromatic carbocycles. The number of aryl methyl sites for hydroxylation is 1. The molecule has 24 heavy (non-hydrogen) atoms. The minimum atomic E-state index is -0.206. The Kier molecular flexibility index (Phi) is 4.67. The number of nitrogens with zero attached hydrogens (tertiary/aromatic N) is 4. The van der Waals surface area contributed by atoms with E-state index >= 15 is 0 Å². The average molecular weight is 348 g/mol. The molecule has 9 nitrogen and oxygen atoms in total. The number of aromatic amines is 1. The number of hydrogen-bond acceptors (Lipinski definition) is 8. The molecule has 0 radical (unpaired) electrons. The Morgan fingerprint density at radius 1 is 1.38 bits per heavy atom. The molecule has 0 atom stereocenters. The summed E-state index contributed by atoms with van der Waals surface area (Å²) in [6.45, 7) is 2.39. The normalized spacial score (nSPS) is 11.0. The Hall–Kier alpha value is -2.59. The third-order valence-corrected chi connectivity index (χ3v) is 4.54. The number of ether oxygens (including phenoxy) is 2. The molecule has 0 saturated heterocycles. The van der Waals surface area contributed by atoms with Gasteiger partial charge in [0.15, 0.2) is 5.82 Å². The van der Waals surface area contributed by atoms with Gasteiger partial charge in [0.2, 0.25) is 5.88 Å². The number of H-pyrrole nitrogens is 1. The van der Waals surface area contributed by atoms with Crippen LogP contribution in [-0.4, -0.2) is 45.3 Å². The highest BCUT2D eigenvalue weighted by molar-refractivity contribution is 7.20. The SMILES string of the molecule is COCc1nc(OC)c2c(C)c(C(=O)NCc3ncn[nH]3)sc2n1. The van der Waals surface area contributed by atoms with Crippen molar-refractivity contribution >= 4 is 27.5 Å². The second-order valence-electron chi connectivity index (χ2n) is 4.93. The number of carbonyl (C=O) groups is 1. The lowest BCUT2D eigenvalue weighted by molar-refractivity contribution is 0.0953. The molecule has 1 amide bonds. The summed E-state index contributed by atoms with van der Waals surface area (Å²) >= 11 is 1.29. The lowest BCUT2D eigenvalue weighted by Gasteiger charge is -2.05. The van der Waals surface area contributed by atoms with E-state index in [4.69, 9.17) is 9.47 Å². The first-order valence-corrected chi connectivity index (χ1v) is 7.91. The zero-order chi connectivity index (χ0) is 17.1. The van der Waals surface area contributed by atoms with Crippen molar-refractivity contribution in [3.05, 3.63) is 28.4 Å². The van der Waals surface area contributed by atoms with Crippen molar-refractivity contribution in [3.63, 3.8) is 0 Å². The zero-order valence-corrected chi connectivity index (χ0v) is 14.2. The van der Waals surface area contributed by atoms with Crippen molar-refractivity contribution in [2.45, 2.75) is 20.1 Å². The molecule has 0 aliphatic rings. The maximum absolute atomic E-state index is 12.5. The average Bonchev–Trinajstić information content (AvgIpc) is 3.20. The summed E-state index contributed by atoms with van der Waals surface area (Å²) in [7, 11) is 3.11. The fourth-order valence-electron chi connectivity index (χ4n) is 2.26. The van der Waals surface area contributed by atoms with E-state index < -0.39 is 0 Å². The maximum Gasteiger partial charge on any atom is 0.262 e. The van der Waals surface area contributed by atoms with Crippen LogP contribution in [0.15, 0.2) is 6.33 Å². The molecule has 0 fully saturated rings. The molecule has 3 rings (SSSR count). The fraction of sp³-hybridized carbons (Fsp3) is 0.357. The fourth-order valence-corrected chi connectivity index (χ4v) is 3.37. The van der Waals surface area contributed by atoms with Crippen LogP contribution >= 0.6 is 11.3 Å². The second kappa shape index (κ2) is 6.89. The van der Waals surface area contributed by atoms with Gasteiger partial charge in [0.05, 0.1) is 23.9 Å². The highest BCUT2D eigenvalue weighted by Gasteiger charge is 2.21. The van der Waals surface area contributed by atoms with Gasteiger partial charge in [-0.1, -0.05) is 0 Å². The summed E-state index contributed by atoms with van der Waals surface area (Å²) in [6.07, 6.45) is 1.39. The number of hydrogen-bond donors (Lipinski definition) is 2. The van der Waals surface area contributed by atoms with Gasteiger partial charge >= 0.3 is 0 Å². The molecular weight excluding hydrogens is 332 g/mol. The summed E-state index contributed by atoms with van der Waals surface area (Å²) in [4.78, 5) is 26.5. The van der Waals surface area contributed by atoms with Crippen molar-refractivity contribution in [2.24, 2.45) is 0 Å². The standard InChI is InChI=1S/C14H16N6O3S/c1-7-10-13(23-3)18-9(5-22-2)19-14(10)24-11(7)12(21)15-4-8-16-6-17-20-8/h6H,4-5H2,1-3H3,(H,15,21)(H,16,17,20). The van der Waals surface area contributed by atoms with Crippen LogP contribution < -0.4 is 10.1 Å². The third kappa shape index (κ3) is 3.05. The van der Waals surface area contributed by atoms with Crippen LogP contribution in [0.25, 0.3) is 10.2 Å². The molecule has 0 bridgehead atoms. The molecule has 10 heteroatoms. The van der Waals surface area contributed by atoms with Crippen LogP contribution in [0.2, 0.25) is 0 Å². The van der Waals surface area contributed by atoms with Gasteiger partial charge in [0.1, 0.15) is 23.6 Å². The van der Waals surface area contributed by atoms with Crippen LogP contribution in [0.3, 0.4) is 0 Å². The van der Waals surface area contributed by atoms with Crippen molar-refractivity contribution in [3.8, 4) is 5.88 Å². The highest BCUT2D eigenvalue weighted by Crippen LogP contribution is 2.35. The van der Waals surface area contributed by atoms with Crippen LogP contribution in [0.4, 0.5) is 0 Å². The zero-order valence-electron chi connectivity index (χ0n) is 13.4. The summed E-state index contributed by atoms with van der Waals surface area (Å²) in [5, 5.41) is 9.99. The second-order valence-corrected chi connectivity index (χ2v) is 5.93. The molecule has 3 aromatic heterocycles. The molecule has 2 N–H and O–H groups in total. The van der Waals surface area contributed by atoms with Gasteiger partial charge < -0.3 is 14.8 Å². The lowest BCUT2D eigenvalue weighted by Crippen LogP contribution is -2.23. The smallest absolute Gasteiger partial charge is 0.262 e. The molecule has 3 heterocycles. The number of carbonyl (C=O) groups excluding carboxylic acids is 1. The monoisotopic (exact) mass is 348 g/mol. The number of nitrogens with one attached hydrogen (secondary N) is 2. The Morgan fingerprint density at radius 3 is 2.88 bits per heavy atom. The first kappa shape index (κ1) is 16.3. The minimum Gasteiger partial charge on any atom is -0.480 e. The van der Waals surface area contributed by atoms with E-state index in [1.807, 2.05) is 6.92 Å². The number of rotatable bonds is 6. The van der Waals surface area contributed by atoms with Gasteiger partial charge in [-0.3, -0.25) is 9.89 Å². The lowest BCUT2D eigenvalue weighted by atomic mass is 10.2. The predicted octanol–water partition coefficient (Wildman–Crippen LogP) is 1.20. The predicted molar refractivity (Wildman–Crippen MR) is 87.0 cm³/mol. The molecule has 0 aliphatic heterocycles. The van der Waals surface area contributed by atoms with Gasteiger partial charge in [-0.05, 0) is 12.5 Å². The van der Waals surface area contributed by atoms with Gasteiger partial charge in [-0.2, -0.15) is 10.1 Å². The molecule has 0 spiro atoms. The van der Waals surface area contributed by atoms with E-state index in [2.05, 4.69) is 30.5 Å². The minimum absolute atomic E-state index is 0.206. The van der Waals surface area contributed by atoms with Gasteiger partial charge in [0, 0.05) is 7.11 Å². The Balaban J connectivity index is 1.93. The molecule has 126 valence electrons. The van der Waals surface area contributed by atoms with E-state index in [0.717, 1.165) is 10.9 Å².